The number of aryl methyl sites for hydroxylation is 2. The number of hydrogen-bond donors (Lipinski definition) is 4. The lowest BCUT2D eigenvalue weighted by molar-refractivity contribution is -0.138. The predicted molar refractivity (Wildman–Crippen MR) is 138 cm³/mol. The van der Waals surface area contributed by atoms with E-state index in [0.29, 0.717) is 16.2 Å². The number of alkyl carbamates (subject to hydrolysis) is 1. The summed E-state index contributed by atoms with van der Waals surface area (Å²) in [5, 5.41) is 15.8. The lowest BCUT2D eigenvalue weighted by atomic mass is 9.99. The molecule has 5 N–H and O–H groups in total. The van der Waals surface area contributed by atoms with Gasteiger partial charge in [0, 0.05) is 17.3 Å². The van der Waals surface area contributed by atoms with Crippen molar-refractivity contribution >= 4 is 29.5 Å². The molecule has 0 aliphatic carbocycles. The van der Waals surface area contributed by atoms with E-state index < -0.39 is 47.9 Å². The molecular weight excluding hydrogens is 476 g/mol. The number of amides is 4. The van der Waals surface area contributed by atoms with E-state index in [1.165, 1.54) is 6.07 Å². The van der Waals surface area contributed by atoms with Gasteiger partial charge in [0.1, 0.15) is 17.4 Å². The van der Waals surface area contributed by atoms with Crippen molar-refractivity contribution in [2.24, 2.45) is 5.73 Å². The van der Waals surface area contributed by atoms with Gasteiger partial charge < -0.3 is 26.2 Å². The lowest BCUT2D eigenvalue weighted by Gasteiger charge is -2.30. The highest BCUT2D eigenvalue weighted by molar-refractivity contribution is 6.01. The Balaban J connectivity index is 2.54. The number of phenolic OH excluding ortho intramolecular Hbond substituents is 1. The zero-order valence-electron chi connectivity index (χ0n) is 21.5. The maximum atomic E-state index is 13.6. The van der Waals surface area contributed by atoms with Crippen LogP contribution in [0.5, 0.6) is 5.75 Å². The first kappa shape index (κ1) is 28.7. The molecule has 10 nitrogen and oxygen atoms in total. The van der Waals surface area contributed by atoms with E-state index in [-0.39, 0.29) is 11.3 Å². The number of aromatic hydroxyl groups is 1. The van der Waals surface area contributed by atoms with E-state index in [0.717, 1.165) is 5.56 Å². The number of nitrogens with two attached hydrogens (primary N) is 1. The molecule has 0 fully saturated rings. The third-order valence-electron chi connectivity index (χ3n) is 5.24. The second-order valence-corrected chi connectivity index (χ2v) is 9.43. The summed E-state index contributed by atoms with van der Waals surface area (Å²) in [6.45, 7) is 8.27. The van der Waals surface area contributed by atoms with Crippen molar-refractivity contribution in [2.45, 2.75) is 58.7 Å². The van der Waals surface area contributed by atoms with E-state index in [2.05, 4.69) is 16.7 Å². The molecule has 0 heterocycles. The van der Waals surface area contributed by atoms with Crippen LogP contribution in [-0.2, 0) is 19.1 Å². The summed E-state index contributed by atoms with van der Waals surface area (Å²) in [5.41, 5.74) is 6.13. The fourth-order valence-corrected chi connectivity index (χ4v) is 3.50. The number of para-hydroxylation sites is 2. The van der Waals surface area contributed by atoms with Crippen molar-refractivity contribution in [1.82, 2.24) is 10.2 Å². The largest absolute Gasteiger partial charge is 0.507 e. The average Bonchev–Trinajstić information content (AvgIpc) is 2.78. The SMILES string of the molecule is C#CN(C(=O)C(CC(N)=O)NC(=O)OC(C)(C)C)C(C(=O)Nc1ccccc1C)c1cccc(C)c1O. The molecule has 2 unspecified atom stereocenters. The highest BCUT2D eigenvalue weighted by atomic mass is 16.6. The number of nitrogens with zero attached hydrogens (tertiary/aromatic N) is 1. The predicted octanol–water partition coefficient (Wildman–Crippen LogP) is 2.88. The van der Waals surface area contributed by atoms with Gasteiger partial charge in [-0.2, -0.15) is 0 Å². The van der Waals surface area contributed by atoms with Gasteiger partial charge in [0.05, 0.1) is 6.42 Å². The summed E-state index contributed by atoms with van der Waals surface area (Å²) >= 11 is 0. The number of nitrogens with one attached hydrogen (secondary N) is 2. The number of carbonyl (C=O) groups is 4. The van der Waals surface area contributed by atoms with Crippen molar-refractivity contribution in [3.63, 3.8) is 0 Å². The minimum atomic E-state index is -1.54. The summed E-state index contributed by atoms with van der Waals surface area (Å²) in [7, 11) is 0. The molecule has 37 heavy (non-hydrogen) atoms. The van der Waals surface area contributed by atoms with Crippen LogP contribution in [0.15, 0.2) is 42.5 Å². The van der Waals surface area contributed by atoms with Gasteiger partial charge in [-0.3, -0.25) is 19.3 Å². The Morgan fingerprint density at radius 2 is 1.70 bits per heavy atom. The maximum Gasteiger partial charge on any atom is 0.408 e. The second-order valence-electron chi connectivity index (χ2n) is 9.43. The van der Waals surface area contributed by atoms with E-state index in [9.17, 15) is 24.3 Å². The summed E-state index contributed by atoms with van der Waals surface area (Å²) < 4.78 is 5.19. The lowest BCUT2D eigenvalue weighted by Crippen LogP contribution is -2.52. The molecule has 0 saturated carbocycles. The van der Waals surface area contributed by atoms with Crippen LogP contribution in [0.3, 0.4) is 0 Å². The van der Waals surface area contributed by atoms with Crippen LogP contribution < -0.4 is 16.4 Å². The van der Waals surface area contributed by atoms with Crippen LogP contribution in [0.1, 0.15) is 49.9 Å². The first-order chi connectivity index (χ1) is 17.2. The van der Waals surface area contributed by atoms with E-state index in [1.807, 2.05) is 0 Å². The molecule has 2 rings (SSSR count). The smallest absolute Gasteiger partial charge is 0.408 e. The molecule has 0 bridgehead atoms. The molecule has 0 spiro atoms. The fraction of sp³-hybridized carbons (Fsp3) is 0.333. The molecule has 2 aromatic rings. The van der Waals surface area contributed by atoms with Crippen LogP contribution in [0.25, 0.3) is 0 Å². The highest BCUT2D eigenvalue weighted by Crippen LogP contribution is 2.33. The monoisotopic (exact) mass is 508 g/mol. The van der Waals surface area contributed by atoms with Gasteiger partial charge >= 0.3 is 6.09 Å². The standard InChI is InChI=1S/C27H32N4O6/c1-7-31(25(35)20(15-21(28)32)30-26(36)37-27(4,5)6)22(18-13-10-12-17(3)23(18)33)24(34)29-19-14-9-8-11-16(19)2/h1,8-14,20,22,33H,15H2,2-6H3,(H2,28,32)(H,29,34)(H,30,36). The van der Waals surface area contributed by atoms with Gasteiger partial charge in [-0.25, -0.2) is 4.79 Å². The van der Waals surface area contributed by atoms with Crippen molar-refractivity contribution in [2.75, 3.05) is 5.32 Å². The third kappa shape index (κ3) is 7.73. The Kier molecular flexibility index (Phi) is 9.27. The van der Waals surface area contributed by atoms with Crippen molar-refractivity contribution in [3.05, 3.63) is 59.2 Å². The van der Waals surface area contributed by atoms with Gasteiger partial charge in [0.25, 0.3) is 11.8 Å². The number of ether oxygens (including phenoxy) is 1. The Morgan fingerprint density at radius 1 is 1.08 bits per heavy atom. The molecule has 0 saturated heterocycles. The number of hydrogen-bond acceptors (Lipinski definition) is 6. The maximum absolute atomic E-state index is 13.6. The zero-order chi connectivity index (χ0) is 27.9. The van der Waals surface area contributed by atoms with Crippen molar-refractivity contribution in [3.8, 4) is 18.2 Å². The second kappa shape index (κ2) is 11.9. The molecule has 196 valence electrons. The third-order valence-corrected chi connectivity index (χ3v) is 5.24. The number of primary amides is 1. The van der Waals surface area contributed by atoms with Crippen molar-refractivity contribution < 1.29 is 29.0 Å². The van der Waals surface area contributed by atoms with Gasteiger partial charge in [-0.1, -0.05) is 42.8 Å². The number of rotatable bonds is 8. The Morgan fingerprint density at radius 3 is 2.27 bits per heavy atom. The van der Waals surface area contributed by atoms with Gasteiger partial charge in [-0.05, 0) is 51.8 Å². The number of terminal acetylenes is 1. The van der Waals surface area contributed by atoms with E-state index >= 15 is 0 Å². The summed E-state index contributed by atoms with van der Waals surface area (Å²) in [4.78, 5) is 52.0. The molecule has 10 heteroatoms. The molecule has 2 atom stereocenters. The minimum Gasteiger partial charge on any atom is -0.507 e. The summed E-state index contributed by atoms with van der Waals surface area (Å²) in [6.07, 6.45) is 4.10. The molecule has 2 aromatic carbocycles. The van der Waals surface area contributed by atoms with Crippen molar-refractivity contribution in [1.29, 1.82) is 0 Å². The van der Waals surface area contributed by atoms with Gasteiger partial charge in [0.2, 0.25) is 5.91 Å². The average molecular weight is 509 g/mol. The first-order valence-electron chi connectivity index (χ1n) is 11.5. The van der Waals surface area contributed by atoms with E-state index in [4.69, 9.17) is 16.9 Å². The molecule has 4 amide bonds. The van der Waals surface area contributed by atoms with Gasteiger partial charge in [-0.15, -0.1) is 0 Å². The number of anilines is 1. The minimum absolute atomic E-state index is 0.0486. The van der Waals surface area contributed by atoms with Gasteiger partial charge in [0.15, 0.2) is 6.04 Å². The van der Waals surface area contributed by atoms with Crippen LogP contribution in [-0.4, -0.2) is 45.5 Å². The number of carbonyl (C=O) groups excluding carboxylic acids is 4. The highest BCUT2D eigenvalue weighted by Gasteiger charge is 2.38. The van der Waals surface area contributed by atoms with Crippen LogP contribution >= 0.6 is 0 Å². The fourth-order valence-electron chi connectivity index (χ4n) is 3.50. The first-order valence-corrected chi connectivity index (χ1v) is 11.5. The Labute approximate surface area is 216 Å². The topological polar surface area (TPSA) is 151 Å². The summed E-state index contributed by atoms with van der Waals surface area (Å²) in [6, 6.07) is 10.8. The normalized spacial score (nSPS) is 12.4. The molecule has 0 aliphatic heterocycles. The zero-order valence-corrected chi connectivity index (χ0v) is 21.5. The number of benzene rings is 2. The molecule has 0 aromatic heterocycles. The molecule has 0 aliphatic rings. The Bertz CT molecular complexity index is 1230. The molecule has 0 radical (unpaired) electrons. The van der Waals surface area contributed by atoms with E-state index in [1.54, 1.807) is 71.0 Å². The molecular formula is C27H32N4O6. The van der Waals surface area contributed by atoms with Crippen LogP contribution in [0, 0.1) is 26.3 Å². The quantitative estimate of drug-likeness (QED) is 0.318. The number of phenols is 1. The van der Waals surface area contributed by atoms with Crippen LogP contribution in [0.2, 0.25) is 0 Å². The van der Waals surface area contributed by atoms with Crippen LogP contribution in [0.4, 0.5) is 10.5 Å². The summed E-state index contributed by atoms with van der Waals surface area (Å²) in [5.74, 6) is -2.84. The Hall–Kier alpha value is -4.52.